The lowest BCUT2D eigenvalue weighted by Crippen LogP contribution is -2.49. The van der Waals surface area contributed by atoms with Crippen LogP contribution in [0.15, 0.2) is 18.2 Å². The molecule has 1 aromatic rings. The highest BCUT2D eigenvalue weighted by Crippen LogP contribution is 2.38. The molecule has 7 heteroatoms. The summed E-state index contributed by atoms with van der Waals surface area (Å²) in [4.78, 5) is 24.9. The molecule has 0 aromatic heterocycles. The molecule has 0 unspecified atom stereocenters. The number of hydrogen-bond acceptors (Lipinski definition) is 5. The Hall–Kier alpha value is -2.70. The number of rotatable bonds is 5. The minimum Gasteiger partial charge on any atom is -0.493 e. The molecule has 7 nitrogen and oxygen atoms in total. The van der Waals surface area contributed by atoms with E-state index in [1.807, 2.05) is 0 Å². The third-order valence-corrected chi connectivity index (χ3v) is 3.46. The number of ether oxygens (including phenoxy) is 3. The van der Waals surface area contributed by atoms with Gasteiger partial charge in [-0.05, 0) is 23.8 Å². The Morgan fingerprint density at radius 2 is 1.83 bits per heavy atom. The zero-order valence-electron chi connectivity index (χ0n) is 13.4. The van der Waals surface area contributed by atoms with E-state index in [1.165, 1.54) is 32.3 Å². The van der Waals surface area contributed by atoms with Crippen LogP contribution in [-0.4, -0.2) is 57.7 Å². The molecule has 2 rings (SSSR count). The largest absolute Gasteiger partial charge is 0.493 e. The number of amides is 2. The minimum atomic E-state index is -0.214. The maximum Gasteiger partial charge on any atom is 0.247 e. The van der Waals surface area contributed by atoms with Gasteiger partial charge in [0.2, 0.25) is 17.6 Å². The quantitative estimate of drug-likeness (QED) is 0.808. The monoisotopic (exact) mass is 320 g/mol. The molecule has 0 spiro atoms. The van der Waals surface area contributed by atoms with Gasteiger partial charge in [-0.3, -0.25) is 9.59 Å². The van der Waals surface area contributed by atoms with Crippen molar-refractivity contribution in [2.75, 3.05) is 41.0 Å². The minimum absolute atomic E-state index is 0.0818. The van der Waals surface area contributed by atoms with Gasteiger partial charge in [-0.2, -0.15) is 0 Å². The number of nitrogens with one attached hydrogen (secondary N) is 1. The third-order valence-electron chi connectivity index (χ3n) is 3.46. The molecule has 0 saturated carbocycles. The summed E-state index contributed by atoms with van der Waals surface area (Å²) >= 11 is 0. The first-order chi connectivity index (χ1) is 11.1. The first kappa shape index (κ1) is 16.7. The van der Waals surface area contributed by atoms with Crippen molar-refractivity contribution in [1.82, 2.24) is 10.2 Å². The molecular formula is C16H20N2O5. The van der Waals surface area contributed by atoms with E-state index in [9.17, 15) is 9.59 Å². The van der Waals surface area contributed by atoms with Gasteiger partial charge in [-0.15, -0.1) is 0 Å². The van der Waals surface area contributed by atoms with Gasteiger partial charge in [0.25, 0.3) is 0 Å². The Kier molecular flexibility index (Phi) is 5.46. The highest BCUT2D eigenvalue weighted by atomic mass is 16.5. The molecule has 23 heavy (non-hydrogen) atoms. The summed E-state index contributed by atoms with van der Waals surface area (Å²) in [5.74, 6) is 1.15. The van der Waals surface area contributed by atoms with E-state index in [0.717, 1.165) is 5.56 Å². The number of hydrogen-bond donors (Lipinski definition) is 1. The zero-order chi connectivity index (χ0) is 16.8. The van der Waals surface area contributed by atoms with Crippen molar-refractivity contribution in [3.8, 4) is 17.2 Å². The molecule has 2 amide bonds. The molecule has 0 aliphatic carbocycles. The van der Waals surface area contributed by atoms with Crippen molar-refractivity contribution in [2.45, 2.75) is 0 Å². The van der Waals surface area contributed by atoms with E-state index in [1.54, 1.807) is 18.2 Å². The average Bonchev–Trinajstić information content (AvgIpc) is 2.58. The van der Waals surface area contributed by atoms with E-state index in [2.05, 4.69) is 5.32 Å². The van der Waals surface area contributed by atoms with Gasteiger partial charge in [-0.25, -0.2) is 0 Å². The van der Waals surface area contributed by atoms with Crippen LogP contribution >= 0.6 is 0 Å². The lowest BCUT2D eigenvalue weighted by atomic mass is 10.1. The number of carbonyl (C=O) groups excluding carboxylic acids is 2. The van der Waals surface area contributed by atoms with Crippen molar-refractivity contribution in [2.24, 2.45) is 0 Å². The third kappa shape index (κ3) is 3.94. The zero-order valence-corrected chi connectivity index (χ0v) is 13.4. The lowest BCUT2D eigenvalue weighted by Gasteiger charge is -2.25. The van der Waals surface area contributed by atoms with Crippen molar-refractivity contribution in [3.63, 3.8) is 0 Å². The van der Waals surface area contributed by atoms with Crippen LogP contribution in [-0.2, 0) is 9.59 Å². The molecule has 1 saturated heterocycles. The second kappa shape index (κ2) is 7.53. The Balaban J connectivity index is 2.18. The fourth-order valence-electron chi connectivity index (χ4n) is 2.30. The highest BCUT2D eigenvalue weighted by molar-refractivity contribution is 5.95. The predicted molar refractivity (Wildman–Crippen MR) is 84.7 cm³/mol. The number of methoxy groups -OCH3 is 3. The normalized spacial score (nSPS) is 14.6. The molecule has 1 heterocycles. The van der Waals surface area contributed by atoms with E-state index in [4.69, 9.17) is 14.2 Å². The Labute approximate surface area is 134 Å². The van der Waals surface area contributed by atoms with Crippen LogP contribution in [0.5, 0.6) is 17.2 Å². The molecule has 1 aromatic carbocycles. The van der Waals surface area contributed by atoms with E-state index >= 15 is 0 Å². The van der Waals surface area contributed by atoms with Gasteiger partial charge in [0.05, 0.1) is 27.9 Å². The lowest BCUT2D eigenvalue weighted by molar-refractivity contribution is -0.134. The Bertz CT molecular complexity index is 602. The van der Waals surface area contributed by atoms with Crippen LogP contribution < -0.4 is 19.5 Å². The van der Waals surface area contributed by atoms with Crippen LogP contribution in [0.2, 0.25) is 0 Å². The Morgan fingerprint density at radius 1 is 1.17 bits per heavy atom. The summed E-state index contributed by atoms with van der Waals surface area (Å²) in [7, 11) is 4.59. The summed E-state index contributed by atoms with van der Waals surface area (Å²) in [5.41, 5.74) is 0.731. The van der Waals surface area contributed by atoms with Crippen molar-refractivity contribution in [1.29, 1.82) is 0 Å². The molecule has 0 radical (unpaired) electrons. The Morgan fingerprint density at radius 3 is 2.35 bits per heavy atom. The standard InChI is InChI=1S/C16H20N2O5/c1-21-12-8-11(9-13(22-2)16(12)23-3)4-5-15(20)18-7-6-17-14(19)10-18/h4-5,8-9H,6-7,10H2,1-3H3,(H,17,19). The summed E-state index contributed by atoms with van der Waals surface area (Å²) in [6.45, 7) is 1.06. The number of benzene rings is 1. The molecule has 0 bridgehead atoms. The van der Waals surface area contributed by atoms with Gasteiger partial charge < -0.3 is 24.4 Å². The van der Waals surface area contributed by atoms with Gasteiger partial charge in [0.1, 0.15) is 0 Å². The van der Waals surface area contributed by atoms with Crippen LogP contribution in [0.25, 0.3) is 6.08 Å². The second-order valence-corrected chi connectivity index (χ2v) is 4.90. The summed E-state index contributed by atoms with van der Waals surface area (Å²) < 4.78 is 15.8. The van der Waals surface area contributed by atoms with Crippen molar-refractivity contribution >= 4 is 17.9 Å². The highest BCUT2D eigenvalue weighted by Gasteiger charge is 2.19. The summed E-state index contributed by atoms with van der Waals surface area (Å²) in [6.07, 6.45) is 3.08. The topological polar surface area (TPSA) is 77.1 Å². The maximum atomic E-state index is 12.1. The van der Waals surface area contributed by atoms with Gasteiger partial charge in [-0.1, -0.05) is 0 Å². The molecular weight excluding hydrogens is 300 g/mol. The van der Waals surface area contributed by atoms with Crippen LogP contribution in [0, 0.1) is 0 Å². The fourth-order valence-corrected chi connectivity index (χ4v) is 2.30. The molecule has 1 aliphatic rings. The van der Waals surface area contributed by atoms with E-state index in [-0.39, 0.29) is 18.4 Å². The van der Waals surface area contributed by atoms with E-state index in [0.29, 0.717) is 30.3 Å². The molecule has 124 valence electrons. The average molecular weight is 320 g/mol. The number of carbonyl (C=O) groups is 2. The maximum absolute atomic E-state index is 12.1. The van der Waals surface area contributed by atoms with Crippen molar-refractivity contribution in [3.05, 3.63) is 23.8 Å². The van der Waals surface area contributed by atoms with Crippen LogP contribution in [0.4, 0.5) is 0 Å². The summed E-state index contributed by atoms with van der Waals surface area (Å²) in [5, 5.41) is 2.68. The first-order valence-corrected chi connectivity index (χ1v) is 7.12. The SMILES string of the molecule is COc1cc(C=CC(=O)N2CCNC(=O)C2)cc(OC)c1OC. The number of nitrogens with zero attached hydrogens (tertiary/aromatic N) is 1. The second-order valence-electron chi connectivity index (χ2n) is 4.90. The molecule has 0 atom stereocenters. The first-order valence-electron chi connectivity index (χ1n) is 7.12. The van der Waals surface area contributed by atoms with E-state index < -0.39 is 0 Å². The summed E-state index contributed by atoms with van der Waals surface area (Å²) in [6, 6.07) is 3.49. The van der Waals surface area contributed by atoms with Crippen LogP contribution in [0.3, 0.4) is 0 Å². The van der Waals surface area contributed by atoms with Gasteiger partial charge in [0, 0.05) is 19.2 Å². The predicted octanol–water partition coefficient (Wildman–Crippen LogP) is 0.684. The molecule has 1 aliphatic heterocycles. The molecule has 1 fully saturated rings. The van der Waals surface area contributed by atoms with Crippen LogP contribution in [0.1, 0.15) is 5.56 Å². The fraction of sp³-hybridized carbons (Fsp3) is 0.375. The van der Waals surface area contributed by atoms with Crippen molar-refractivity contribution < 1.29 is 23.8 Å². The number of piperazine rings is 1. The van der Waals surface area contributed by atoms with Gasteiger partial charge >= 0.3 is 0 Å². The smallest absolute Gasteiger partial charge is 0.247 e. The van der Waals surface area contributed by atoms with Gasteiger partial charge in [0.15, 0.2) is 11.5 Å². The molecule has 1 N–H and O–H groups in total.